The van der Waals surface area contributed by atoms with Gasteiger partial charge in [0.05, 0.1) is 11.4 Å². The normalized spacial score (nSPS) is 11.4. The SMILES string of the molecule is CC(C)(C)N(c1ccccc1F)c1ccc(-c2ccccc2)c(-c2ccc(-c3ccccc3)cc2)c1F. The molecule has 0 spiro atoms. The lowest BCUT2D eigenvalue weighted by molar-refractivity contribution is 0.527. The summed E-state index contributed by atoms with van der Waals surface area (Å²) < 4.78 is 31.8. The third-order valence-corrected chi connectivity index (χ3v) is 6.49. The monoisotopic (exact) mass is 489 g/mol. The van der Waals surface area contributed by atoms with Crippen LogP contribution in [0.25, 0.3) is 33.4 Å². The molecule has 0 radical (unpaired) electrons. The number of benzene rings is 5. The van der Waals surface area contributed by atoms with Crippen molar-refractivity contribution in [2.75, 3.05) is 4.90 Å². The van der Waals surface area contributed by atoms with Crippen molar-refractivity contribution in [3.8, 4) is 33.4 Å². The summed E-state index contributed by atoms with van der Waals surface area (Å²) in [6.07, 6.45) is 0. The van der Waals surface area contributed by atoms with Crippen molar-refractivity contribution in [3.63, 3.8) is 0 Å². The molecule has 0 aliphatic heterocycles. The van der Waals surface area contributed by atoms with Gasteiger partial charge in [0, 0.05) is 11.1 Å². The van der Waals surface area contributed by atoms with Gasteiger partial charge in [-0.3, -0.25) is 0 Å². The summed E-state index contributed by atoms with van der Waals surface area (Å²) >= 11 is 0. The van der Waals surface area contributed by atoms with Crippen LogP contribution in [0.1, 0.15) is 20.8 Å². The third-order valence-electron chi connectivity index (χ3n) is 6.49. The van der Waals surface area contributed by atoms with Gasteiger partial charge in [0.25, 0.3) is 0 Å². The molecule has 0 aliphatic carbocycles. The number of hydrogen-bond donors (Lipinski definition) is 0. The summed E-state index contributed by atoms with van der Waals surface area (Å²) in [5.74, 6) is -0.773. The average molecular weight is 490 g/mol. The molecule has 184 valence electrons. The Morgan fingerprint density at radius 3 is 1.59 bits per heavy atom. The number of anilines is 2. The van der Waals surface area contributed by atoms with Crippen LogP contribution in [0.5, 0.6) is 0 Å². The fraction of sp³-hybridized carbons (Fsp3) is 0.118. The fourth-order valence-electron chi connectivity index (χ4n) is 4.82. The van der Waals surface area contributed by atoms with Gasteiger partial charge in [0.15, 0.2) is 5.82 Å². The lowest BCUT2D eigenvalue weighted by atomic mass is 9.91. The van der Waals surface area contributed by atoms with Gasteiger partial charge >= 0.3 is 0 Å². The molecule has 3 heteroatoms. The molecule has 0 atom stereocenters. The maximum atomic E-state index is 16.8. The highest BCUT2D eigenvalue weighted by atomic mass is 19.1. The van der Waals surface area contributed by atoms with Gasteiger partial charge in [0.1, 0.15) is 5.82 Å². The Kier molecular flexibility index (Phi) is 6.62. The molecule has 0 N–H and O–H groups in total. The van der Waals surface area contributed by atoms with E-state index in [1.54, 1.807) is 29.2 Å². The highest BCUT2D eigenvalue weighted by Gasteiger charge is 2.30. The molecule has 0 saturated carbocycles. The molecule has 0 heterocycles. The Labute approximate surface area is 217 Å². The first-order valence-electron chi connectivity index (χ1n) is 12.4. The van der Waals surface area contributed by atoms with Crippen LogP contribution in [-0.2, 0) is 0 Å². The van der Waals surface area contributed by atoms with Gasteiger partial charge in [-0.1, -0.05) is 103 Å². The van der Waals surface area contributed by atoms with Gasteiger partial charge < -0.3 is 4.90 Å². The van der Waals surface area contributed by atoms with Gasteiger partial charge in [-0.15, -0.1) is 0 Å². The van der Waals surface area contributed by atoms with E-state index in [0.717, 1.165) is 27.8 Å². The standard InChI is InChI=1S/C34H29F2N/c1-34(2,3)37(30-17-11-10-16-29(30)35)31-23-22-28(26-14-8-5-9-15-26)32(33(31)36)27-20-18-25(19-21-27)24-12-6-4-7-13-24/h4-23H,1-3H3. The first-order valence-corrected chi connectivity index (χ1v) is 12.4. The number of halogens is 2. The van der Waals surface area contributed by atoms with Crippen LogP contribution in [0.4, 0.5) is 20.2 Å². The van der Waals surface area contributed by atoms with Gasteiger partial charge in [-0.05, 0) is 66.8 Å². The highest BCUT2D eigenvalue weighted by molar-refractivity contribution is 5.88. The molecule has 0 saturated heterocycles. The number of hydrogen-bond acceptors (Lipinski definition) is 1. The smallest absolute Gasteiger partial charge is 0.155 e. The Morgan fingerprint density at radius 2 is 1.00 bits per heavy atom. The molecule has 0 amide bonds. The van der Waals surface area contributed by atoms with Crippen LogP contribution in [0.2, 0.25) is 0 Å². The first-order chi connectivity index (χ1) is 17.8. The van der Waals surface area contributed by atoms with Gasteiger partial charge in [0.2, 0.25) is 0 Å². The lowest BCUT2D eigenvalue weighted by Gasteiger charge is -2.38. The van der Waals surface area contributed by atoms with Crippen molar-refractivity contribution in [3.05, 3.63) is 133 Å². The van der Waals surface area contributed by atoms with E-state index in [-0.39, 0.29) is 5.82 Å². The van der Waals surface area contributed by atoms with Crippen LogP contribution >= 0.6 is 0 Å². The molecule has 0 aliphatic rings. The van der Waals surface area contributed by atoms with Crippen LogP contribution in [-0.4, -0.2) is 5.54 Å². The lowest BCUT2D eigenvalue weighted by Crippen LogP contribution is -2.38. The Hall–Kier alpha value is -4.24. The molecule has 1 nitrogen and oxygen atoms in total. The van der Waals surface area contributed by atoms with Gasteiger partial charge in [-0.2, -0.15) is 0 Å². The Morgan fingerprint density at radius 1 is 0.486 bits per heavy atom. The molecule has 0 unspecified atom stereocenters. The van der Waals surface area contributed by atoms with E-state index in [1.807, 2.05) is 99.6 Å². The van der Waals surface area contributed by atoms with Crippen molar-refractivity contribution in [1.82, 2.24) is 0 Å². The predicted molar refractivity (Wildman–Crippen MR) is 151 cm³/mol. The zero-order valence-corrected chi connectivity index (χ0v) is 21.3. The molecule has 5 aromatic carbocycles. The Balaban J connectivity index is 1.72. The quantitative estimate of drug-likeness (QED) is 0.237. The van der Waals surface area contributed by atoms with E-state index < -0.39 is 11.4 Å². The maximum absolute atomic E-state index is 16.8. The fourth-order valence-corrected chi connectivity index (χ4v) is 4.82. The number of rotatable bonds is 5. The number of para-hydroxylation sites is 1. The zero-order valence-electron chi connectivity index (χ0n) is 21.3. The van der Waals surface area contributed by atoms with Gasteiger partial charge in [-0.25, -0.2) is 8.78 Å². The highest BCUT2D eigenvalue weighted by Crippen LogP contribution is 2.43. The predicted octanol–water partition coefficient (Wildman–Crippen LogP) is 9.90. The number of nitrogens with zero attached hydrogens (tertiary/aromatic N) is 1. The van der Waals surface area contributed by atoms with Crippen molar-refractivity contribution in [2.45, 2.75) is 26.3 Å². The zero-order chi connectivity index (χ0) is 26.0. The first kappa shape index (κ1) is 24.5. The van der Waals surface area contributed by atoms with Crippen LogP contribution in [0.15, 0.2) is 121 Å². The molecule has 5 rings (SSSR count). The Bertz CT molecular complexity index is 1500. The summed E-state index contributed by atoms with van der Waals surface area (Å²) in [6.45, 7) is 5.87. The summed E-state index contributed by atoms with van der Waals surface area (Å²) in [7, 11) is 0. The second-order valence-corrected chi connectivity index (χ2v) is 10.1. The van der Waals surface area contributed by atoms with E-state index >= 15 is 4.39 Å². The van der Waals surface area contributed by atoms with E-state index in [4.69, 9.17) is 0 Å². The average Bonchev–Trinajstić information content (AvgIpc) is 2.91. The molecule has 0 fully saturated rings. The molecule has 5 aromatic rings. The largest absolute Gasteiger partial charge is 0.331 e. The van der Waals surface area contributed by atoms with Crippen molar-refractivity contribution >= 4 is 11.4 Å². The minimum atomic E-state index is -0.578. The summed E-state index contributed by atoms with van der Waals surface area (Å²) in [5.41, 5.74) is 5.22. The van der Waals surface area contributed by atoms with Crippen LogP contribution < -0.4 is 4.90 Å². The van der Waals surface area contributed by atoms with E-state index in [0.29, 0.717) is 16.9 Å². The molecule has 0 bridgehead atoms. The molecule has 37 heavy (non-hydrogen) atoms. The summed E-state index contributed by atoms with van der Waals surface area (Å²) in [4.78, 5) is 1.74. The minimum Gasteiger partial charge on any atom is -0.331 e. The molecular weight excluding hydrogens is 460 g/mol. The van der Waals surface area contributed by atoms with Crippen molar-refractivity contribution in [1.29, 1.82) is 0 Å². The van der Waals surface area contributed by atoms with E-state index in [1.165, 1.54) is 6.07 Å². The third kappa shape index (κ3) is 4.90. The summed E-state index contributed by atoms with van der Waals surface area (Å²) in [5, 5.41) is 0. The van der Waals surface area contributed by atoms with Crippen LogP contribution in [0, 0.1) is 11.6 Å². The second kappa shape index (κ2) is 10.0. The van der Waals surface area contributed by atoms with E-state index in [2.05, 4.69) is 12.1 Å². The molecular formula is C34H29F2N. The van der Waals surface area contributed by atoms with Crippen molar-refractivity contribution in [2.24, 2.45) is 0 Å². The minimum absolute atomic E-state index is 0.333. The van der Waals surface area contributed by atoms with E-state index in [9.17, 15) is 4.39 Å². The maximum Gasteiger partial charge on any atom is 0.155 e. The molecule has 0 aromatic heterocycles. The topological polar surface area (TPSA) is 3.24 Å². The summed E-state index contributed by atoms with van der Waals surface area (Å²) in [6, 6.07) is 38.1. The van der Waals surface area contributed by atoms with Crippen LogP contribution in [0.3, 0.4) is 0 Å². The second-order valence-electron chi connectivity index (χ2n) is 10.1. The van der Waals surface area contributed by atoms with Crippen molar-refractivity contribution < 1.29 is 8.78 Å².